The zero-order chi connectivity index (χ0) is 10.1. The molecule has 0 fully saturated rings. The maximum Gasteiger partial charge on any atom is 0.0981 e. The standard InChI is InChI=1S/C11H19NO/c1-8(2)10-5-4-9(3)11(13,6-10)7-12/h4,10,13H,1,5-7,12H2,2-3H3/t10-,11-/m1/s1. The highest BCUT2D eigenvalue weighted by atomic mass is 16.3. The molecule has 2 heteroatoms. The first-order valence-electron chi connectivity index (χ1n) is 4.74. The van der Waals surface area contributed by atoms with Crippen molar-refractivity contribution >= 4 is 0 Å². The largest absolute Gasteiger partial charge is 0.384 e. The van der Waals surface area contributed by atoms with Gasteiger partial charge in [-0.2, -0.15) is 0 Å². The van der Waals surface area contributed by atoms with Crippen molar-refractivity contribution in [3.05, 3.63) is 23.8 Å². The van der Waals surface area contributed by atoms with Gasteiger partial charge in [0, 0.05) is 6.54 Å². The summed E-state index contributed by atoms with van der Waals surface area (Å²) < 4.78 is 0. The Bertz CT molecular complexity index is 244. The zero-order valence-corrected chi connectivity index (χ0v) is 8.51. The maximum absolute atomic E-state index is 10.1. The van der Waals surface area contributed by atoms with Gasteiger partial charge in [-0.3, -0.25) is 0 Å². The number of rotatable bonds is 2. The highest BCUT2D eigenvalue weighted by Gasteiger charge is 2.33. The smallest absolute Gasteiger partial charge is 0.0981 e. The zero-order valence-electron chi connectivity index (χ0n) is 8.51. The molecule has 0 bridgehead atoms. The van der Waals surface area contributed by atoms with Crippen molar-refractivity contribution in [2.45, 2.75) is 32.3 Å². The van der Waals surface area contributed by atoms with Gasteiger partial charge in [0.25, 0.3) is 0 Å². The molecular formula is C11H19NO. The van der Waals surface area contributed by atoms with Gasteiger partial charge in [-0.15, -0.1) is 0 Å². The summed E-state index contributed by atoms with van der Waals surface area (Å²) in [6.45, 7) is 8.18. The van der Waals surface area contributed by atoms with Crippen molar-refractivity contribution in [1.82, 2.24) is 0 Å². The van der Waals surface area contributed by atoms with E-state index < -0.39 is 5.60 Å². The van der Waals surface area contributed by atoms with E-state index in [0.29, 0.717) is 12.5 Å². The fourth-order valence-corrected chi connectivity index (χ4v) is 1.78. The Kier molecular flexibility index (Phi) is 2.94. The molecule has 0 aromatic rings. The van der Waals surface area contributed by atoms with Gasteiger partial charge < -0.3 is 10.8 Å². The molecule has 13 heavy (non-hydrogen) atoms. The monoisotopic (exact) mass is 181 g/mol. The number of aliphatic hydroxyl groups is 1. The lowest BCUT2D eigenvalue weighted by molar-refractivity contribution is 0.0579. The van der Waals surface area contributed by atoms with E-state index in [0.717, 1.165) is 24.0 Å². The molecule has 0 saturated carbocycles. The fourth-order valence-electron chi connectivity index (χ4n) is 1.78. The Morgan fingerprint density at radius 2 is 2.46 bits per heavy atom. The van der Waals surface area contributed by atoms with Gasteiger partial charge in [0.05, 0.1) is 5.60 Å². The summed E-state index contributed by atoms with van der Waals surface area (Å²) in [7, 11) is 0. The molecule has 0 heterocycles. The quantitative estimate of drug-likeness (QED) is 0.636. The fraction of sp³-hybridized carbons (Fsp3) is 0.636. The summed E-state index contributed by atoms with van der Waals surface area (Å²) in [5, 5.41) is 10.1. The third-order valence-corrected chi connectivity index (χ3v) is 3.06. The summed E-state index contributed by atoms with van der Waals surface area (Å²) in [6, 6.07) is 0. The normalized spacial score (nSPS) is 34.2. The summed E-state index contributed by atoms with van der Waals surface area (Å²) in [5.74, 6) is 0.386. The van der Waals surface area contributed by atoms with Crippen molar-refractivity contribution in [1.29, 1.82) is 0 Å². The van der Waals surface area contributed by atoms with E-state index in [2.05, 4.69) is 12.7 Å². The Morgan fingerprint density at radius 3 is 2.92 bits per heavy atom. The van der Waals surface area contributed by atoms with Gasteiger partial charge >= 0.3 is 0 Å². The summed E-state index contributed by atoms with van der Waals surface area (Å²) in [6.07, 6.45) is 3.79. The average molecular weight is 181 g/mol. The number of nitrogens with two attached hydrogens (primary N) is 1. The van der Waals surface area contributed by atoms with E-state index in [1.165, 1.54) is 0 Å². The Labute approximate surface area is 80.1 Å². The summed E-state index contributed by atoms with van der Waals surface area (Å²) in [5.41, 5.74) is 6.92. The third kappa shape index (κ3) is 2.01. The minimum Gasteiger partial charge on any atom is -0.384 e. The van der Waals surface area contributed by atoms with Crippen LogP contribution in [-0.4, -0.2) is 17.3 Å². The predicted octanol–water partition coefficient (Wildman–Crippen LogP) is 1.61. The SMILES string of the molecule is C=C(C)[C@@H]1CC=C(C)[C@](O)(CN)C1. The van der Waals surface area contributed by atoms with E-state index in [1.54, 1.807) is 0 Å². The molecule has 1 aliphatic rings. The van der Waals surface area contributed by atoms with Crippen molar-refractivity contribution in [3.8, 4) is 0 Å². The van der Waals surface area contributed by atoms with Crippen LogP contribution >= 0.6 is 0 Å². The van der Waals surface area contributed by atoms with Crippen LogP contribution in [0, 0.1) is 5.92 Å². The molecule has 2 atom stereocenters. The van der Waals surface area contributed by atoms with Crippen molar-refractivity contribution in [2.24, 2.45) is 11.7 Å². The second kappa shape index (κ2) is 3.64. The number of hydrogen-bond donors (Lipinski definition) is 2. The summed E-state index contributed by atoms with van der Waals surface area (Å²) in [4.78, 5) is 0. The Morgan fingerprint density at radius 1 is 1.85 bits per heavy atom. The minimum atomic E-state index is -0.790. The molecule has 2 nitrogen and oxygen atoms in total. The van der Waals surface area contributed by atoms with Crippen LogP contribution in [-0.2, 0) is 0 Å². The maximum atomic E-state index is 10.1. The average Bonchev–Trinajstić information content (AvgIpc) is 2.09. The van der Waals surface area contributed by atoms with E-state index in [1.807, 2.05) is 13.8 Å². The Hall–Kier alpha value is -0.600. The molecule has 0 amide bonds. The van der Waals surface area contributed by atoms with E-state index in [9.17, 15) is 5.11 Å². The van der Waals surface area contributed by atoms with Crippen LogP contribution < -0.4 is 5.73 Å². The first-order valence-corrected chi connectivity index (χ1v) is 4.74. The van der Waals surface area contributed by atoms with Crippen LogP contribution in [0.25, 0.3) is 0 Å². The van der Waals surface area contributed by atoms with Gasteiger partial charge in [0.1, 0.15) is 0 Å². The van der Waals surface area contributed by atoms with Crippen LogP contribution in [0.3, 0.4) is 0 Å². The second-order valence-corrected chi connectivity index (χ2v) is 4.11. The molecule has 0 aromatic heterocycles. The first kappa shape index (κ1) is 10.5. The van der Waals surface area contributed by atoms with Crippen molar-refractivity contribution in [3.63, 3.8) is 0 Å². The molecule has 0 saturated heterocycles. The topological polar surface area (TPSA) is 46.2 Å². The van der Waals surface area contributed by atoms with Gasteiger partial charge in [-0.1, -0.05) is 18.2 Å². The molecule has 1 rings (SSSR count). The lowest BCUT2D eigenvalue weighted by atomic mass is 9.76. The van der Waals surface area contributed by atoms with Crippen molar-refractivity contribution in [2.75, 3.05) is 6.54 Å². The van der Waals surface area contributed by atoms with Crippen LogP contribution in [0.1, 0.15) is 26.7 Å². The van der Waals surface area contributed by atoms with Gasteiger partial charge in [-0.05, 0) is 38.2 Å². The van der Waals surface area contributed by atoms with Gasteiger partial charge in [0.2, 0.25) is 0 Å². The van der Waals surface area contributed by atoms with E-state index in [-0.39, 0.29) is 0 Å². The van der Waals surface area contributed by atoms with E-state index in [4.69, 9.17) is 5.73 Å². The molecule has 0 radical (unpaired) electrons. The lowest BCUT2D eigenvalue weighted by Crippen LogP contribution is -2.42. The predicted molar refractivity (Wildman–Crippen MR) is 55.3 cm³/mol. The minimum absolute atomic E-state index is 0.305. The molecule has 0 spiro atoms. The molecule has 0 aromatic carbocycles. The molecule has 0 unspecified atom stereocenters. The number of hydrogen-bond acceptors (Lipinski definition) is 2. The number of allylic oxidation sites excluding steroid dienone is 2. The third-order valence-electron chi connectivity index (χ3n) is 3.06. The van der Waals surface area contributed by atoms with Crippen LogP contribution in [0.15, 0.2) is 23.8 Å². The molecule has 74 valence electrons. The molecule has 0 aliphatic heterocycles. The van der Waals surface area contributed by atoms with Crippen LogP contribution in [0.4, 0.5) is 0 Å². The summed E-state index contributed by atoms with van der Waals surface area (Å²) >= 11 is 0. The molecule has 1 aliphatic carbocycles. The van der Waals surface area contributed by atoms with E-state index >= 15 is 0 Å². The second-order valence-electron chi connectivity index (χ2n) is 4.11. The van der Waals surface area contributed by atoms with Crippen LogP contribution in [0.2, 0.25) is 0 Å². The van der Waals surface area contributed by atoms with Crippen LogP contribution in [0.5, 0.6) is 0 Å². The van der Waals surface area contributed by atoms with Crippen molar-refractivity contribution < 1.29 is 5.11 Å². The first-order chi connectivity index (χ1) is 5.99. The highest BCUT2D eigenvalue weighted by molar-refractivity contribution is 5.22. The Balaban J connectivity index is 2.83. The van der Waals surface area contributed by atoms with Gasteiger partial charge in [-0.25, -0.2) is 0 Å². The highest BCUT2D eigenvalue weighted by Crippen LogP contribution is 2.34. The molecule has 3 N–H and O–H groups in total. The molecular weight excluding hydrogens is 162 g/mol. The van der Waals surface area contributed by atoms with Gasteiger partial charge in [0.15, 0.2) is 0 Å². The lowest BCUT2D eigenvalue weighted by Gasteiger charge is -2.36.